The highest BCUT2D eigenvalue weighted by atomic mass is 16.4. The minimum Gasteiger partial charge on any atom is -0.436 e. The Balaban J connectivity index is 1.24. The van der Waals surface area contributed by atoms with Crippen LogP contribution in [0.4, 0.5) is 0 Å². The van der Waals surface area contributed by atoms with Crippen LogP contribution in [0.2, 0.25) is 0 Å². The van der Waals surface area contributed by atoms with Gasteiger partial charge in [-0.2, -0.15) is 10.5 Å². The fourth-order valence-corrected chi connectivity index (χ4v) is 4.41. The maximum atomic E-state index is 9.11. The Bertz CT molecular complexity index is 1840. The van der Waals surface area contributed by atoms with Crippen LogP contribution < -0.4 is 0 Å². The van der Waals surface area contributed by atoms with E-state index in [0.29, 0.717) is 34.1 Å². The van der Waals surface area contributed by atoms with Crippen LogP contribution in [0.25, 0.3) is 57.3 Å². The first-order chi connectivity index (χ1) is 18.5. The second-order valence-electron chi connectivity index (χ2n) is 9.10. The van der Waals surface area contributed by atoms with E-state index >= 15 is 0 Å². The van der Waals surface area contributed by atoms with Gasteiger partial charge in [0.2, 0.25) is 11.8 Å². The number of hydrogen-bond acceptors (Lipinski definition) is 6. The predicted molar refractivity (Wildman–Crippen MR) is 147 cm³/mol. The molecule has 0 aliphatic heterocycles. The molecule has 0 atom stereocenters. The van der Waals surface area contributed by atoms with Gasteiger partial charge in [0, 0.05) is 23.3 Å². The van der Waals surface area contributed by atoms with Gasteiger partial charge >= 0.3 is 0 Å². The molecule has 0 unspecified atom stereocenters. The van der Waals surface area contributed by atoms with Crippen LogP contribution in [0.1, 0.15) is 33.4 Å². The summed E-state index contributed by atoms with van der Waals surface area (Å²) < 4.78 is 11.8. The number of nitrogens with zero attached hydrogens (tertiary/aromatic N) is 4. The highest BCUT2D eigenvalue weighted by Crippen LogP contribution is 2.29. The van der Waals surface area contributed by atoms with Gasteiger partial charge in [-0.1, -0.05) is 24.3 Å². The third kappa shape index (κ3) is 4.21. The zero-order valence-electron chi connectivity index (χ0n) is 20.7. The summed E-state index contributed by atoms with van der Waals surface area (Å²) in [6.07, 6.45) is 4.18. The lowest BCUT2D eigenvalue weighted by atomic mass is 10.0. The van der Waals surface area contributed by atoms with E-state index in [0.717, 1.165) is 44.4 Å². The second kappa shape index (κ2) is 9.20. The minimum absolute atomic E-state index is 0.531. The maximum Gasteiger partial charge on any atom is 0.227 e. The van der Waals surface area contributed by atoms with Crippen molar-refractivity contribution in [3.05, 3.63) is 106 Å². The lowest BCUT2D eigenvalue weighted by Gasteiger charge is -2.05. The van der Waals surface area contributed by atoms with Crippen molar-refractivity contribution in [3.63, 3.8) is 0 Å². The van der Waals surface area contributed by atoms with Gasteiger partial charge in [0.05, 0.1) is 23.3 Å². The monoisotopic (exact) mass is 492 g/mol. The summed E-state index contributed by atoms with van der Waals surface area (Å²) in [5, 5.41) is 18.2. The lowest BCUT2D eigenvalue weighted by molar-refractivity contribution is 0.619. The highest BCUT2D eigenvalue weighted by Gasteiger charge is 2.12. The molecule has 4 aromatic carbocycles. The second-order valence-corrected chi connectivity index (χ2v) is 9.10. The van der Waals surface area contributed by atoms with Crippen LogP contribution in [0.5, 0.6) is 0 Å². The third-order valence-corrected chi connectivity index (χ3v) is 6.51. The number of hydrogen-bond donors (Lipinski definition) is 0. The van der Waals surface area contributed by atoms with Crippen molar-refractivity contribution in [2.75, 3.05) is 0 Å². The Hall–Kier alpha value is -5.46. The first kappa shape index (κ1) is 23.0. The summed E-state index contributed by atoms with van der Waals surface area (Å²) in [5.41, 5.74) is 9.88. The molecular weight excluding hydrogens is 472 g/mol. The average molecular weight is 493 g/mol. The molecule has 0 fully saturated rings. The van der Waals surface area contributed by atoms with Crippen molar-refractivity contribution in [1.29, 1.82) is 10.5 Å². The molecule has 0 saturated heterocycles. The predicted octanol–water partition coefficient (Wildman–Crippen LogP) is 7.83. The first-order valence-corrected chi connectivity index (χ1v) is 12.0. The SMILES string of the molecule is Cc1cc(-c2nc3ccc(C#N)cc3o2)ccc1C=Cc1ccc(-c2nc3ccc(C#N)cc3o2)cc1C. The van der Waals surface area contributed by atoms with Crippen molar-refractivity contribution in [1.82, 2.24) is 9.97 Å². The number of aryl methyl sites for hydroxylation is 2. The maximum absolute atomic E-state index is 9.11. The topological polar surface area (TPSA) is 99.6 Å². The Morgan fingerprint density at radius 2 is 1.05 bits per heavy atom. The van der Waals surface area contributed by atoms with E-state index in [4.69, 9.17) is 19.4 Å². The lowest BCUT2D eigenvalue weighted by Crippen LogP contribution is -1.86. The van der Waals surface area contributed by atoms with Crippen LogP contribution >= 0.6 is 0 Å². The molecule has 0 saturated carbocycles. The van der Waals surface area contributed by atoms with E-state index in [1.807, 2.05) is 24.3 Å². The van der Waals surface area contributed by atoms with Crippen molar-refractivity contribution < 1.29 is 8.83 Å². The Morgan fingerprint density at radius 3 is 1.45 bits per heavy atom. The zero-order chi connectivity index (χ0) is 26.2. The third-order valence-electron chi connectivity index (χ3n) is 6.51. The van der Waals surface area contributed by atoms with E-state index in [2.05, 4.69) is 60.2 Å². The molecule has 0 aliphatic rings. The summed E-state index contributed by atoms with van der Waals surface area (Å²) >= 11 is 0. The molecule has 6 nitrogen and oxygen atoms in total. The molecule has 6 heteroatoms. The molecule has 2 heterocycles. The van der Waals surface area contributed by atoms with Gasteiger partial charge in [0.15, 0.2) is 11.2 Å². The van der Waals surface area contributed by atoms with Crippen molar-refractivity contribution >= 4 is 34.4 Å². The normalized spacial score (nSPS) is 11.3. The number of benzene rings is 4. The summed E-state index contributed by atoms with van der Waals surface area (Å²) in [7, 11) is 0. The van der Waals surface area contributed by atoms with Crippen LogP contribution in [0, 0.1) is 36.5 Å². The van der Waals surface area contributed by atoms with E-state index < -0.39 is 0 Å². The van der Waals surface area contributed by atoms with Crippen LogP contribution in [0.3, 0.4) is 0 Å². The number of aromatic nitrogens is 2. The van der Waals surface area contributed by atoms with Gasteiger partial charge in [-0.05, 0) is 84.6 Å². The molecule has 38 heavy (non-hydrogen) atoms. The summed E-state index contributed by atoms with van der Waals surface area (Å²) in [4.78, 5) is 9.14. The van der Waals surface area contributed by atoms with E-state index in [1.54, 1.807) is 36.4 Å². The fraction of sp³-hybridized carbons (Fsp3) is 0.0625. The number of oxazole rings is 2. The molecule has 0 aliphatic carbocycles. The highest BCUT2D eigenvalue weighted by molar-refractivity contribution is 5.80. The van der Waals surface area contributed by atoms with Crippen molar-refractivity contribution in [2.45, 2.75) is 13.8 Å². The quantitative estimate of drug-likeness (QED) is 0.232. The molecule has 6 rings (SSSR count). The molecule has 0 bridgehead atoms. The van der Waals surface area contributed by atoms with Crippen LogP contribution in [-0.2, 0) is 0 Å². The summed E-state index contributed by atoms with van der Waals surface area (Å²) in [5.74, 6) is 1.06. The zero-order valence-corrected chi connectivity index (χ0v) is 20.7. The minimum atomic E-state index is 0.531. The van der Waals surface area contributed by atoms with Gasteiger partial charge in [0.1, 0.15) is 11.0 Å². The Morgan fingerprint density at radius 1 is 0.605 bits per heavy atom. The largest absolute Gasteiger partial charge is 0.436 e. The van der Waals surface area contributed by atoms with Gasteiger partial charge in [-0.15, -0.1) is 0 Å². The molecule has 0 radical (unpaired) electrons. The molecule has 0 N–H and O–H groups in total. The molecule has 0 spiro atoms. The first-order valence-electron chi connectivity index (χ1n) is 12.0. The Kier molecular flexibility index (Phi) is 5.56. The molecular formula is C32H20N4O2. The van der Waals surface area contributed by atoms with Crippen LogP contribution in [-0.4, -0.2) is 9.97 Å². The number of rotatable bonds is 4. The van der Waals surface area contributed by atoms with Gasteiger partial charge < -0.3 is 8.83 Å². The summed E-state index contributed by atoms with van der Waals surface area (Å²) in [6, 6.07) is 26.9. The van der Waals surface area contributed by atoms with Gasteiger partial charge in [-0.3, -0.25) is 0 Å². The molecule has 0 amide bonds. The van der Waals surface area contributed by atoms with Crippen molar-refractivity contribution in [3.8, 4) is 35.0 Å². The van der Waals surface area contributed by atoms with Gasteiger partial charge in [-0.25, -0.2) is 9.97 Å². The molecule has 6 aromatic rings. The van der Waals surface area contributed by atoms with E-state index in [-0.39, 0.29) is 0 Å². The van der Waals surface area contributed by atoms with Crippen molar-refractivity contribution in [2.24, 2.45) is 0 Å². The average Bonchev–Trinajstić information content (AvgIpc) is 3.56. The summed E-state index contributed by atoms with van der Waals surface area (Å²) in [6.45, 7) is 4.11. The standard InChI is InChI=1S/C32H20N4O2/c1-19-13-25(31-35-27-11-3-21(17-33)15-29(27)37-31)9-7-23(19)5-6-24-8-10-26(14-20(24)2)32-36-28-12-4-22(18-34)16-30(28)38-32/h3-16H,1-2H3. The smallest absolute Gasteiger partial charge is 0.227 e. The fourth-order valence-electron chi connectivity index (χ4n) is 4.41. The number of fused-ring (bicyclic) bond motifs is 2. The van der Waals surface area contributed by atoms with E-state index in [9.17, 15) is 0 Å². The molecule has 180 valence electrons. The van der Waals surface area contributed by atoms with Gasteiger partial charge in [0.25, 0.3) is 0 Å². The van der Waals surface area contributed by atoms with Crippen LogP contribution in [0.15, 0.2) is 81.6 Å². The Labute approximate surface area is 218 Å². The molecule has 2 aromatic heterocycles. The number of nitriles is 2. The van der Waals surface area contributed by atoms with E-state index in [1.165, 1.54) is 0 Å².